The Morgan fingerprint density at radius 1 is 0.977 bits per heavy atom. The molecule has 2 unspecified atom stereocenters. The van der Waals surface area contributed by atoms with Crippen molar-refractivity contribution in [3.63, 3.8) is 0 Å². The molecule has 0 saturated heterocycles. The van der Waals surface area contributed by atoms with E-state index in [0.717, 1.165) is 32.1 Å². The summed E-state index contributed by atoms with van der Waals surface area (Å²) in [7, 11) is 1.56. The van der Waals surface area contributed by atoms with Gasteiger partial charge in [-0.15, -0.1) is 0 Å². The van der Waals surface area contributed by atoms with Crippen LogP contribution in [0, 0.1) is 0 Å². The molecule has 0 spiro atoms. The minimum Gasteiger partial charge on any atom is -0.508 e. The molecule has 2 rings (SSSR count). The van der Waals surface area contributed by atoms with Crippen LogP contribution in [0.3, 0.4) is 0 Å². The van der Waals surface area contributed by atoms with Crippen LogP contribution in [0.4, 0.5) is 10.5 Å². The van der Waals surface area contributed by atoms with Crippen LogP contribution in [-0.2, 0) is 14.3 Å². The molecular formula is C33H49N3O6S. The minimum atomic E-state index is -1.15. The zero-order valence-electron chi connectivity index (χ0n) is 26.5. The van der Waals surface area contributed by atoms with Gasteiger partial charge in [-0.1, -0.05) is 57.2 Å². The average Bonchev–Trinajstić information content (AvgIpc) is 2.96. The molecule has 2 atom stereocenters. The molecule has 0 aliphatic heterocycles. The number of hydrogen-bond donors (Lipinski definition) is 3. The molecule has 2 aromatic rings. The Hall–Kier alpha value is -3.40. The quantitative estimate of drug-likeness (QED) is 0.165. The third-order valence-corrected chi connectivity index (χ3v) is 7.43. The molecule has 0 aromatic heterocycles. The van der Waals surface area contributed by atoms with Crippen LogP contribution in [0.2, 0.25) is 0 Å². The van der Waals surface area contributed by atoms with Crippen LogP contribution in [0.5, 0.6) is 11.5 Å². The van der Waals surface area contributed by atoms with Gasteiger partial charge in [0.25, 0.3) is 5.91 Å². The van der Waals surface area contributed by atoms with Gasteiger partial charge in [0.05, 0.1) is 7.11 Å². The first-order valence-electron chi connectivity index (χ1n) is 15.0. The van der Waals surface area contributed by atoms with Gasteiger partial charge >= 0.3 is 6.09 Å². The van der Waals surface area contributed by atoms with Crippen molar-refractivity contribution in [3.05, 3.63) is 54.1 Å². The predicted octanol–water partition coefficient (Wildman–Crippen LogP) is 6.92. The maximum atomic E-state index is 14.4. The van der Waals surface area contributed by atoms with E-state index in [4.69, 9.17) is 9.47 Å². The highest BCUT2D eigenvalue weighted by atomic mass is 32.2. The number of unbranched alkanes of at least 4 members (excludes halogenated alkanes) is 5. The number of carbonyl (C=O) groups excluding carboxylic acids is 3. The number of benzene rings is 2. The van der Waals surface area contributed by atoms with Crippen molar-refractivity contribution >= 4 is 35.4 Å². The van der Waals surface area contributed by atoms with Crippen LogP contribution < -0.4 is 15.4 Å². The van der Waals surface area contributed by atoms with E-state index in [2.05, 4.69) is 17.6 Å². The number of phenolic OH excluding ortho intramolecular Hbond substituents is 1. The first-order chi connectivity index (χ1) is 20.5. The molecule has 43 heavy (non-hydrogen) atoms. The lowest BCUT2D eigenvalue weighted by atomic mass is 10.00. The molecule has 3 N–H and O–H groups in total. The van der Waals surface area contributed by atoms with Crippen LogP contribution in [0.15, 0.2) is 48.5 Å². The van der Waals surface area contributed by atoms with E-state index >= 15 is 0 Å². The molecule has 9 nitrogen and oxygen atoms in total. The molecule has 0 saturated carbocycles. The van der Waals surface area contributed by atoms with Gasteiger partial charge in [-0.05, 0) is 76.0 Å². The Balaban J connectivity index is 2.50. The van der Waals surface area contributed by atoms with E-state index < -0.39 is 35.6 Å². The fraction of sp³-hybridized carbons (Fsp3) is 0.545. The van der Waals surface area contributed by atoms with Crippen LogP contribution in [0.1, 0.15) is 84.2 Å². The molecule has 3 amide bonds. The lowest BCUT2D eigenvalue weighted by Crippen LogP contribution is -2.52. The van der Waals surface area contributed by atoms with E-state index in [1.165, 1.54) is 11.0 Å². The molecule has 10 heteroatoms. The highest BCUT2D eigenvalue weighted by Gasteiger charge is 2.37. The first kappa shape index (κ1) is 35.8. The van der Waals surface area contributed by atoms with Gasteiger partial charge in [0.15, 0.2) is 0 Å². The van der Waals surface area contributed by atoms with Crippen molar-refractivity contribution < 1.29 is 29.0 Å². The summed E-state index contributed by atoms with van der Waals surface area (Å²) in [6.45, 7) is 7.70. The van der Waals surface area contributed by atoms with Crippen molar-refractivity contribution in [2.75, 3.05) is 31.0 Å². The van der Waals surface area contributed by atoms with E-state index in [0.29, 0.717) is 35.6 Å². The van der Waals surface area contributed by atoms with Gasteiger partial charge in [0, 0.05) is 17.8 Å². The number of thioether (sulfide) groups is 1. The zero-order valence-corrected chi connectivity index (χ0v) is 27.3. The van der Waals surface area contributed by atoms with Gasteiger partial charge in [-0.2, -0.15) is 11.8 Å². The second-order valence-electron chi connectivity index (χ2n) is 11.5. The summed E-state index contributed by atoms with van der Waals surface area (Å²) in [6, 6.07) is 11.3. The normalized spacial score (nSPS) is 12.6. The highest BCUT2D eigenvalue weighted by Crippen LogP contribution is 2.32. The SMILES string of the molecule is CCCCCCCCN(C(=O)C(CCSC)NC(=O)OC(C)(C)C)C(C(=O)Nc1ccc(OC)cc1)c1ccccc1O. The van der Waals surface area contributed by atoms with Crippen molar-refractivity contribution in [1.82, 2.24) is 10.2 Å². The fourth-order valence-corrected chi connectivity index (χ4v) is 5.10. The smallest absolute Gasteiger partial charge is 0.408 e. The second-order valence-corrected chi connectivity index (χ2v) is 12.4. The largest absolute Gasteiger partial charge is 0.508 e. The summed E-state index contributed by atoms with van der Waals surface area (Å²) < 4.78 is 10.7. The Labute approximate surface area is 261 Å². The summed E-state index contributed by atoms with van der Waals surface area (Å²) in [5.74, 6) is 0.258. The number of methoxy groups -OCH3 is 1. The van der Waals surface area contributed by atoms with E-state index in [1.807, 2.05) is 6.26 Å². The number of carbonyl (C=O) groups is 3. The number of rotatable bonds is 17. The van der Waals surface area contributed by atoms with Crippen molar-refractivity contribution in [2.45, 2.75) is 90.3 Å². The maximum absolute atomic E-state index is 14.4. The average molecular weight is 616 g/mol. The molecule has 2 aromatic carbocycles. The Kier molecular flexibility index (Phi) is 15.2. The number of phenols is 1. The standard InChI is InChI=1S/C33H49N3O6S/c1-7-8-9-10-11-14-22-36(31(39)27(21-23-43-6)35-32(40)42-33(2,3)4)29(26-15-12-13-16-28(26)37)30(38)34-24-17-19-25(41-5)20-18-24/h12-13,15-20,27,29,37H,7-11,14,21-23H2,1-6H3,(H,34,38)(H,35,40). The van der Waals surface area contributed by atoms with Gasteiger partial charge in [0.2, 0.25) is 5.91 Å². The molecule has 0 heterocycles. The number of nitrogens with one attached hydrogen (secondary N) is 2. The second kappa shape index (κ2) is 18.3. The van der Waals surface area contributed by atoms with Crippen LogP contribution in [0.25, 0.3) is 0 Å². The molecule has 0 bridgehead atoms. The first-order valence-corrected chi connectivity index (χ1v) is 16.4. The van der Waals surface area contributed by atoms with E-state index in [-0.39, 0.29) is 12.3 Å². The molecule has 0 aliphatic carbocycles. The summed E-state index contributed by atoms with van der Waals surface area (Å²) in [6.07, 6.45) is 7.50. The number of ether oxygens (including phenoxy) is 2. The summed E-state index contributed by atoms with van der Waals surface area (Å²) in [5, 5.41) is 16.6. The lowest BCUT2D eigenvalue weighted by molar-refractivity contribution is -0.141. The highest BCUT2D eigenvalue weighted by molar-refractivity contribution is 7.98. The Bertz CT molecular complexity index is 1150. The molecule has 0 fully saturated rings. The Morgan fingerprint density at radius 3 is 2.23 bits per heavy atom. The summed E-state index contributed by atoms with van der Waals surface area (Å²) in [4.78, 5) is 42.7. The number of amides is 3. The number of aromatic hydroxyl groups is 1. The number of nitrogens with zero attached hydrogens (tertiary/aromatic N) is 1. The zero-order chi connectivity index (χ0) is 31.8. The summed E-state index contributed by atoms with van der Waals surface area (Å²) >= 11 is 1.55. The van der Waals surface area contributed by atoms with Crippen LogP contribution >= 0.6 is 11.8 Å². The van der Waals surface area contributed by atoms with Gasteiger partial charge in [0.1, 0.15) is 29.2 Å². The molecular weight excluding hydrogens is 566 g/mol. The van der Waals surface area contributed by atoms with E-state index in [1.54, 1.807) is 82.1 Å². The van der Waals surface area contributed by atoms with Gasteiger partial charge in [-0.25, -0.2) is 4.79 Å². The predicted molar refractivity (Wildman–Crippen MR) is 174 cm³/mol. The van der Waals surface area contributed by atoms with Crippen LogP contribution in [-0.4, -0.2) is 65.2 Å². The number of anilines is 1. The summed E-state index contributed by atoms with van der Waals surface area (Å²) in [5.41, 5.74) is 0.0733. The third kappa shape index (κ3) is 12.4. The molecule has 0 aliphatic rings. The number of alkyl carbamates (subject to hydrolysis) is 1. The number of para-hydroxylation sites is 1. The topological polar surface area (TPSA) is 117 Å². The Morgan fingerprint density at radius 2 is 1.63 bits per heavy atom. The lowest BCUT2D eigenvalue weighted by Gasteiger charge is -2.35. The monoisotopic (exact) mass is 615 g/mol. The minimum absolute atomic E-state index is 0.0982. The van der Waals surface area contributed by atoms with Gasteiger partial charge < -0.3 is 30.1 Å². The maximum Gasteiger partial charge on any atom is 0.408 e. The van der Waals surface area contributed by atoms with Crippen molar-refractivity contribution in [3.8, 4) is 11.5 Å². The van der Waals surface area contributed by atoms with Crippen molar-refractivity contribution in [1.29, 1.82) is 0 Å². The van der Waals surface area contributed by atoms with E-state index in [9.17, 15) is 19.5 Å². The fourth-order valence-electron chi connectivity index (χ4n) is 4.63. The molecule has 238 valence electrons. The van der Waals surface area contributed by atoms with Gasteiger partial charge in [-0.3, -0.25) is 9.59 Å². The number of hydrogen-bond acceptors (Lipinski definition) is 7. The third-order valence-electron chi connectivity index (χ3n) is 6.78. The van der Waals surface area contributed by atoms with Crippen molar-refractivity contribution in [2.24, 2.45) is 0 Å². The molecule has 0 radical (unpaired) electrons.